The minimum Gasteiger partial charge on any atom is -0.457 e. The Balaban J connectivity index is 1.25. The van der Waals surface area contributed by atoms with E-state index in [1.54, 1.807) is 182 Å². The van der Waals surface area contributed by atoms with Gasteiger partial charge in [-0.3, -0.25) is 19.2 Å². The van der Waals surface area contributed by atoms with Gasteiger partial charge in [0, 0.05) is 54.8 Å². The second-order valence-electron chi connectivity index (χ2n) is 14.2. The molecule has 7 heterocycles. The lowest BCUT2D eigenvalue weighted by molar-refractivity contribution is 0.103. The third kappa shape index (κ3) is 8.60. The molecule has 62 heavy (non-hydrogen) atoms. The summed E-state index contributed by atoms with van der Waals surface area (Å²) in [6.07, 6.45) is 0. The van der Waals surface area contributed by atoms with Crippen LogP contribution in [-0.4, -0.2) is 11.6 Å². The van der Waals surface area contributed by atoms with Crippen LogP contribution in [-0.2, 0) is 0 Å². The van der Waals surface area contributed by atoms with Gasteiger partial charge in [0.25, 0.3) is 0 Å². The van der Waals surface area contributed by atoms with Crippen molar-refractivity contribution in [3.8, 4) is 0 Å². The number of carbonyl (C=O) groups is 2. The Morgan fingerprint density at radius 1 is 0.323 bits per heavy atom. The Bertz CT molecular complexity index is 3310. The molecule has 8 nitrogen and oxygen atoms in total. The summed E-state index contributed by atoms with van der Waals surface area (Å²) in [4.78, 5) is 54.7. The predicted octanol–water partition coefficient (Wildman–Crippen LogP) is 13.4. The van der Waals surface area contributed by atoms with Gasteiger partial charge in [-0.2, -0.15) is 0 Å². The van der Waals surface area contributed by atoms with E-state index >= 15 is 0 Å². The molecule has 0 saturated carbocycles. The van der Waals surface area contributed by atoms with Gasteiger partial charge in [0.05, 0.1) is 11.1 Å². The van der Waals surface area contributed by atoms with Crippen LogP contribution in [0.25, 0.3) is 66.2 Å². The molecule has 0 aliphatic carbocycles. The summed E-state index contributed by atoms with van der Waals surface area (Å²) in [5, 5.41) is 2.65. The highest BCUT2D eigenvalue weighted by atomic mass is 35.5. The second kappa shape index (κ2) is 17.1. The van der Waals surface area contributed by atoms with Crippen LogP contribution in [0.2, 0.25) is 10.0 Å². The molecule has 15 rings (SSSR count). The maximum Gasteiger partial charge on any atom is 0.196 e. The lowest BCUT2D eigenvalue weighted by atomic mass is 10.0. The highest BCUT2D eigenvalue weighted by Crippen LogP contribution is 2.24. The number of carbonyl (C=O) groups excluding carboxylic acids is 2. The summed E-state index contributed by atoms with van der Waals surface area (Å²) in [7, 11) is 0. The number of ketones is 2. The lowest BCUT2D eigenvalue weighted by Crippen LogP contribution is -2.01. The van der Waals surface area contributed by atoms with E-state index in [2.05, 4.69) is 0 Å². The zero-order valence-corrected chi connectivity index (χ0v) is 33.9. The SMILES string of the molecule is O=C(c1ccc(Cl)cc1)c1ccc2cc1oc1ccc(cc1)c(=O)c1ccc(cc1)oc1ccc(C(=O)c3ccc(Cl)cc3)c(c1)oc1ccc(cc1)c(=O)c1ccc(cc1)o2. The van der Waals surface area contributed by atoms with Crippen LogP contribution < -0.4 is 10.9 Å². The number of hydrogen-bond acceptors (Lipinski definition) is 8. The van der Waals surface area contributed by atoms with Crippen LogP contribution >= 0.6 is 23.2 Å². The Kier molecular flexibility index (Phi) is 10.9. The smallest absolute Gasteiger partial charge is 0.196 e. The molecule has 12 bridgehead atoms. The monoisotopic (exact) mass is 852 g/mol. The van der Waals surface area contributed by atoms with Crippen molar-refractivity contribution in [3.05, 3.63) is 235 Å². The minimum atomic E-state index is -0.294. The van der Waals surface area contributed by atoms with Gasteiger partial charge in [-0.25, -0.2) is 0 Å². The van der Waals surface area contributed by atoms with Gasteiger partial charge >= 0.3 is 0 Å². The van der Waals surface area contributed by atoms with Crippen molar-refractivity contribution >= 4 is 101 Å². The molecule has 0 aliphatic heterocycles. The molecule has 15 aromatic rings. The van der Waals surface area contributed by atoms with Crippen LogP contribution in [0.3, 0.4) is 0 Å². The van der Waals surface area contributed by atoms with Gasteiger partial charge in [-0.05, 0) is 170 Å². The molecular weight excluding hydrogens is 823 g/mol. The largest absolute Gasteiger partial charge is 0.457 e. The summed E-state index contributed by atoms with van der Waals surface area (Å²) in [5.41, 5.74) is 3.73. The van der Waals surface area contributed by atoms with Crippen molar-refractivity contribution in [2.24, 2.45) is 0 Å². The first-order valence-electron chi connectivity index (χ1n) is 19.2. The summed E-state index contributed by atoms with van der Waals surface area (Å²) in [5.74, 6) is -0.588. The van der Waals surface area contributed by atoms with Crippen molar-refractivity contribution in [2.75, 3.05) is 0 Å². The number of hydrogen-bond donors (Lipinski definition) is 0. The Hall–Kier alpha value is -7.78. The Labute approximate surface area is 361 Å². The molecule has 7 aromatic heterocycles. The van der Waals surface area contributed by atoms with E-state index in [0.29, 0.717) is 76.2 Å². The van der Waals surface area contributed by atoms with E-state index in [1.807, 2.05) is 0 Å². The molecule has 0 amide bonds. The molecule has 0 N–H and O–H groups in total. The third-order valence-corrected chi connectivity index (χ3v) is 10.5. The number of rotatable bonds is 4. The maximum atomic E-state index is 13.7. The molecule has 8 aromatic carbocycles. The van der Waals surface area contributed by atoms with Gasteiger partial charge in [0.2, 0.25) is 0 Å². The van der Waals surface area contributed by atoms with Crippen LogP contribution in [0, 0.1) is 0 Å². The van der Waals surface area contributed by atoms with E-state index in [0.717, 1.165) is 0 Å². The van der Waals surface area contributed by atoms with E-state index in [9.17, 15) is 19.2 Å². The van der Waals surface area contributed by atoms with Crippen molar-refractivity contribution in [1.82, 2.24) is 0 Å². The highest BCUT2D eigenvalue weighted by Gasteiger charge is 2.15. The van der Waals surface area contributed by atoms with Crippen molar-refractivity contribution < 1.29 is 27.3 Å². The first-order valence-corrected chi connectivity index (χ1v) is 20.0. The van der Waals surface area contributed by atoms with E-state index < -0.39 is 0 Å². The average molecular weight is 854 g/mol. The van der Waals surface area contributed by atoms with Gasteiger partial charge in [0.15, 0.2) is 22.4 Å². The van der Waals surface area contributed by atoms with Gasteiger partial charge in [-0.1, -0.05) is 23.2 Å². The molecular formula is C52H30Cl2O8. The summed E-state index contributed by atoms with van der Waals surface area (Å²) in [6, 6.07) is 49.3. The van der Waals surface area contributed by atoms with Crippen LogP contribution in [0.15, 0.2) is 209 Å². The molecule has 0 saturated heterocycles. The second-order valence-corrected chi connectivity index (χ2v) is 15.0. The van der Waals surface area contributed by atoms with Gasteiger partial charge in [0.1, 0.15) is 44.7 Å². The molecule has 0 unspecified atom stereocenters. The lowest BCUT2D eigenvalue weighted by Gasteiger charge is -2.04. The van der Waals surface area contributed by atoms with Gasteiger partial charge in [-0.15, -0.1) is 0 Å². The molecule has 0 aliphatic rings. The van der Waals surface area contributed by atoms with E-state index in [1.165, 1.54) is 0 Å². The fraction of sp³-hybridized carbons (Fsp3) is 0. The quantitative estimate of drug-likeness (QED) is 0.160. The first kappa shape index (κ1) is 39.7. The highest BCUT2D eigenvalue weighted by molar-refractivity contribution is 6.31. The normalized spacial score (nSPS) is 11.0. The molecule has 0 fully saturated rings. The van der Waals surface area contributed by atoms with Crippen molar-refractivity contribution in [2.45, 2.75) is 0 Å². The molecule has 0 radical (unpaired) electrons. The average Bonchev–Trinajstić information content (AvgIpc) is 3.30. The number of halogens is 2. The zero-order valence-electron chi connectivity index (χ0n) is 32.3. The van der Waals surface area contributed by atoms with Crippen LogP contribution in [0.5, 0.6) is 0 Å². The van der Waals surface area contributed by atoms with Crippen LogP contribution in [0.4, 0.5) is 0 Å². The predicted molar refractivity (Wildman–Crippen MR) is 245 cm³/mol. The molecule has 0 spiro atoms. The Morgan fingerprint density at radius 3 is 0.903 bits per heavy atom. The van der Waals surface area contributed by atoms with E-state index in [-0.39, 0.29) is 44.7 Å². The molecule has 10 heteroatoms. The fourth-order valence-corrected chi connectivity index (χ4v) is 7.00. The minimum absolute atomic E-state index is 0.222. The Morgan fingerprint density at radius 2 is 0.597 bits per heavy atom. The standard InChI is InChI=1S/C52H30Cl2O8/c53-37-13-1-35(2-14-37)51(57)45-27-25-43-29-47(45)61-41-21-9-33(10-22-41)49(55)32-7-19-40(20-8-32)60-44-26-28-46(52(58)36-3-15-38(54)16-4-36)48(30-44)62-42-23-11-34(12-24-42)50(56)31-5-17-39(59-43)18-6-31/h1-30H. The third-order valence-electron chi connectivity index (χ3n) is 10.0. The zero-order chi connectivity index (χ0) is 42.7. The van der Waals surface area contributed by atoms with Crippen molar-refractivity contribution in [1.29, 1.82) is 0 Å². The fourth-order valence-electron chi connectivity index (χ4n) is 6.75. The molecule has 300 valence electrons. The van der Waals surface area contributed by atoms with Gasteiger partial charge < -0.3 is 17.7 Å². The maximum absolute atomic E-state index is 13.7. The summed E-state index contributed by atoms with van der Waals surface area (Å²) < 4.78 is 24.9. The molecule has 0 atom stereocenters. The summed E-state index contributed by atoms with van der Waals surface area (Å²) >= 11 is 12.2. The first-order chi connectivity index (χ1) is 30.1. The number of benzene rings is 8. The van der Waals surface area contributed by atoms with Crippen LogP contribution in [0.1, 0.15) is 31.8 Å². The van der Waals surface area contributed by atoms with E-state index in [4.69, 9.17) is 40.9 Å². The summed E-state index contributed by atoms with van der Waals surface area (Å²) in [6.45, 7) is 0. The topological polar surface area (TPSA) is 121 Å². The van der Waals surface area contributed by atoms with Crippen molar-refractivity contribution in [3.63, 3.8) is 0 Å².